The Hall–Kier alpha value is -2.61. The quantitative estimate of drug-likeness (QED) is 0.488. The molecule has 0 atom stereocenters. The smallest absolute Gasteiger partial charge is 0.160 e. The number of furan rings is 1. The first kappa shape index (κ1) is 10.3. The number of rotatable bonds is 1. The summed E-state index contributed by atoms with van der Waals surface area (Å²) in [5.74, 6) is 0.835. The van der Waals surface area contributed by atoms with Gasteiger partial charge >= 0.3 is 0 Å². The standard InChI is InChI=1S/C17H11NO/c1-2-6-13-10-18-16(9-12(13)5-1)17-15-8-4-3-7-14(15)11-19-17/h1-11H. The average Bonchev–Trinajstić information content (AvgIpc) is 2.91. The van der Waals surface area contributed by atoms with Crippen LogP contribution in [-0.2, 0) is 0 Å². The Morgan fingerprint density at radius 1 is 0.789 bits per heavy atom. The van der Waals surface area contributed by atoms with Gasteiger partial charge in [0.25, 0.3) is 0 Å². The van der Waals surface area contributed by atoms with E-state index in [1.165, 1.54) is 5.39 Å². The van der Waals surface area contributed by atoms with Gasteiger partial charge in [-0.15, -0.1) is 0 Å². The molecule has 2 heteroatoms. The molecule has 2 nitrogen and oxygen atoms in total. The van der Waals surface area contributed by atoms with Crippen LogP contribution in [0.1, 0.15) is 0 Å². The molecule has 0 saturated heterocycles. The Labute approximate surface area is 110 Å². The molecule has 0 spiro atoms. The molecular weight excluding hydrogens is 234 g/mol. The summed E-state index contributed by atoms with van der Waals surface area (Å²) < 4.78 is 5.69. The molecule has 90 valence electrons. The van der Waals surface area contributed by atoms with Crippen LogP contribution in [-0.4, -0.2) is 4.98 Å². The predicted octanol–water partition coefficient (Wildman–Crippen LogP) is 4.65. The maximum absolute atomic E-state index is 5.69. The summed E-state index contributed by atoms with van der Waals surface area (Å²) in [6.07, 6.45) is 3.67. The highest BCUT2D eigenvalue weighted by Crippen LogP contribution is 2.30. The van der Waals surface area contributed by atoms with E-state index in [9.17, 15) is 0 Å². The number of pyridine rings is 1. The van der Waals surface area contributed by atoms with E-state index in [-0.39, 0.29) is 0 Å². The highest BCUT2D eigenvalue weighted by Gasteiger charge is 2.09. The lowest BCUT2D eigenvalue weighted by atomic mass is 10.1. The Morgan fingerprint density at radius 3 is 2.42 bits per heavy atom. The molecule has 2 aromatic carbocycles. The van der Waals surface area contributed by atoms with E-state index < -0.39 is 0 Å². The highest BCUT2D eigenvalue weighted by atomic mass is 16.3. The Balaban J connectivity index is 1.99. The first-order valence-electron chi connectivity index (χ1n) is 6.23. The van der Waals surface area contributed by atoms with Gasteiger partial charge in [0.15, 0.2) is 5.76 Å². The molecule has 0 saturated carbocycles. The van der Waals surface area contributed by atoms with Crippen LogP contribution in [0.3, 0.4) is 0 Å². The van der Waals surface area contributed by atoms with Crippen molar-refractivity contribution in [1.82, 2.24) is 4.98 Å². The lowest BCUT2D eigenvalue weighted by molar-refractivity contribution is 0.585. The van der Waals surface area contributed by atoms with E-state index in [2.05, 4.69) is 29.2 Å². The molecule has 4 rings (SSSR count). The maximum Gasteiger partial charge on any atom is 0.160 e. The number of benzene rings is 2. The maximum atomic E-state index is 5.69. The third kappa shape index (κ3) is 1.61. The van der Waals surface area contributed by atoms with E-state index in [1.807, 2.05) is 36.5 Å². The average molecular weight is 245 g/mol. The molecule has 0 aliphatic carbocycles. The molecule has 0 fully saturated rings. The third-order valence-corrected chi connectivity index (χ3v) is 3.37. The zero-order valence-corrected chi connectivity index (χ0v) is 10.2. The summed E-state index contributed by atoms with van der Waals surface area (Å²) in [7, 11) is 0. The lowest BCUT2D eigenvalue weighted by Crippen LogP contribution is -1.82. The third-order valence-electron chi connectivity index (χ3n) is 3.37. The van der Waals surface area contributed by atoms with Gasteiger partial charge in [0.2, 0.25) is 0 Å². The van der Waals surface area contributed by atoms with Crippen LogP contribution in [0.2, 0.25) is 0 Å². The van der Waals surface area contributed by atoms with Gasteiger partial charge in [-0.2, -0.15) is 0 Å². The van der Waals surface area contributed by atoms with Crippen molar-refractivity contribution in [3.05, 3.63) is 67.1 Å². The molecular formula is C17H11NO. The van der Waals surface area contributed by atoms with Gasteiger partial charge in [-0.1, -0.05) is 48.5 Å². The summed E-state index contributed by atoms with van der Waals surface area (Å²) >= 11 is 0. The van der Waals surface area contributed by atoms with Gasteiger partial charge in [0.05, 0.1) is 6.26 Å². The summed E-state index contributed by atoms with van der Waals surface area (Å²) in [5.41, 5.74) is 0.875. The number of aromatic nitrogens is 1. The molecule has 0 radical (unpaired) electrons. The molecule has 0 aliphatic heterocycles. The van der Waals surface area contributed by atoms with Gasteiger partial charge in [-0.05, 0) is 11.5 Å². The summed E-state index contributed by atoms with van der Waals surface area (Å²) in [5, 5.41) is 4.52. The van der Waals surface area contributed by atoms with E-state index >= 15 is 0 Å². The van der Waals surface area contributed by atoms with Crippen LogP contribution < -0.4 is 0 Å². The first-order chi connectivity index (χ1) is 9.42. The van der Waals surface area contributed by atoms with E-state index in [4.69, 9.17) is 4.42 Å². The minimum atomic E-state index is 0.835. The number of hydrogen-bond acceptors (Lipinski definition) is 2. The Kier molecular flexibility index (Phi) is 2.15. The fourth-order valence-corrected chi connectivity index (χ4v) is 2.40. The van der Waals surface area contributed by atoms with E-state index in [0.29, 0.717) is 0 Å². The number of hydrogen-bond donors (Lipinski definition) is 0. The number of nitrogens with zero attached hydrogens (tertiary/aromatic N) is 1. The van der Waals surface area contributed by atoms with Crippen molar-refractivity contribution in [2.75, 3.05) is 0 Å². The van der Waals surface area contributed by atoms with Gasteiger partial charge < -0.3 is 4.42 Å². The van der Waals surface area contributed by atoms with Gasteiger partial charge in [0, 0.05) is 22.4 Å². The van der Waals surface area contributed by atoms with Crippen molar-refractivity contribution < 1.29 is 4.42 Å². The zero-order chi connectivity index (χ0) is 12.7. The van der Waals surface area contributed by atoms with E-state index in [1.54, 1.807) is 6.26 Å². The highest BCUT2D eigenvalue weighted by molar-refractivity contribution is 5.95. The molecule has 0 amide bonds. The molecule has 0 N–H and O–H groups in total. The fourth-order valence-electron chi connectivity index (χ4n) is 2.40. The first-order valence-corrected chi connectivity index (χ1v) is 6.23. The van der Waals surface area contributed by atoms with Crippen molar-refractivity contribution in [1.29, 1.82) is 0 Å². The summed E-state index contributed by atoms with van der Waals surface area (Å²) in [4.78, 5) is 4.51. The minimum absolute atomic E-state index is 0.835. The van der Waals surface area contributed by atoms with Crippen molar-refractivity contribution in [3.8, 4) is 11.5 Å². The Morgan fingerprint density at radius 2 is 1.53 bits per heavy atom. The van der Waals surface area contributed by atoms with Crippen molar-refractivity contribution >= 4 is 21.5 Å². The van der Waals surface area contributed by atoms with Gasteiger partial charge in [-0.25, -0.2) is 0 Å². The molecule has 0 bridgehead atoms. The minimum Gasteiger partial charge on any atom is -0.461 e. The zero-order valence-electron chi connectivity index (χ0n) is 10.2. The number of fused-ring (bicyclic) bond motifs is 2. The van der Waals surface area contributed by atoms with E-state index in [0.717, 1.165) is 27.6 Å². The van der Waals surface area contributed by atoms with Crippen LogP contribution in [0.25, 0.3) is 33.0 Å². The van der Waals surface area contributed by atoms with Crippen molar-refractivity contribution in [2.45, 2.75) is 0 Å². The topological polar surface area (TPSA) is 26.0 Å². The Bertz CT molecular complexity index is 876. The summed E-state index contributed by atoms with van der Waals surface area (Å²) in [6, 6.07) is 18.4. The fraction of sp³-hybridized carbons (Fsp3) is 0. The normalized spacial score (nSPS) is 11.2. The molecule has 2 aromatic heterocycles. The second-order valence-corrected chi connectivity index (χ2v) is 4.57. The molecule has 0 aliphatic rings. The van der Waals surface area contributed by atoms with Crippen LogP contribution >= 0.6 is 0 Å². The molecule has 0 unspecified atom stereocenters. The van der Waals surface area contributed by atoms with Gasteiger partial charge in [0.1, 0.15) is 5.69 Å². The van der Waals surface area contributed by atoms with Crippen molar-refractivity contribution in [2.24, 2.45) is 0 Å². The summed E-state index contributed by atoms with van der Waals surface area (Å²) in [6.45, 7) is 0. The van der Waals surface area contributed by atoms with Gasteiger partial charge in [-0.3, -0.25) is 4.98 Å². The van der Waals surface area contributed by atoms with Crippen LogP contribution in [0.15, 0.2) is 71.5 Å². The predicted molar refractivity (Wildman–Crippen MR) is 77.0 cm³/mol. The van der Waals surface area contributed by atoms with Crippen molar-refractivity contribution in [3.63, 3.8) is 0 Å². The largest absolute Gasteiger partial charge is 0.461 e. The second kappa shape index (κ2) is 3.95. The van der Waals surface area contributed by atoms with Crippen LogP contribution in [0.5, 0.6) is 0 Å². The molecule has 19 heavy (non-hydrogen) atoms. The monoisotopic (exact) mass is 245 g/mol. The second-order valence-electron chi connectivity index (χ2n) is 4.57. The SMILES string of the molecule is c1ccc2cc(-c3occ4ccccc34)ncc2c1. The lowest BCUT2D eigenvalue weighted by Gasteiger charge is -2.00. The van der Waals surface area contributed by atoms with Crippen LogP contribution in [0.4, 0.5) is 0 Å². The molecule has 4 aromatic rings. The van der Waals surface area contributed by atoms with Crippen LogP contribution in [0, 0.1) is 0 Å². The molecule has 2 heterocycles.